The quantitative estimate of drug-likeness (QED) is 0.231. The molecule has 0 unspecified atom stereocenters. The number of rotatable bonds is 10. The predicted octanol–water partition coefficient (Wildman–Crippen LogP) is 5.99. The smallest absolute Gasteiger partial charge is 0.335 e. The minimum Gasteiger partial charge on any atom is -0.459 e. The summed E-state index contributed by atoms with van der Waals surface area (Å²) in [7, 11) is -2.08. The third-order valence-electron chi connectivity index (χ3n) is 7.37. The van der Waals surface area contributed by atoms with Gasteiger partial charge < -0.3 is 14.0 Å². The minimum atomic E-state index is -2.08. The zero-order valence-corrected chi connectivity index (χ0v) is 23.3. The molecular formula is C29H41NO4Si. The Morgan fingerprint density at radius 1 is 0.971 bits per heavy atom. The zero-order chi connectivity index (χ0) is 25.8. The van der Waals surface area contributed by atoms with Crippen molar-refractivity contribution >= 4 is 20.1 Å². The molecule has 0 N–H and O–H groups in total. The summed E-state index contributed by atoms with van der Waals surface area (Å²) in [4.78, 5) is 26.7. The van der Waals surface area contributed by atoms with Gasteiger partial charge in [0.05, 0.1) is 6.04 Å². The van der Waals surface area contributed by atoms with Crippen LogP contribution in [0.3, 0.4) is 0 Å². The lowest BCUT2D eigenvalue weighted by Crippen LogP contribution is -2.76. The van der Waals surface area contributed by atoms with Gasteiger partial charge in [-0.1, -0.05) is 108 Å². The molecule has 1 aliphatic rings. The number of amides is 1. The minimum absolute atomic E-state index is 0.0103. The maximum absolute atomic E-state index is 13.5. The van der Waals surface area contributed by atoms with Gasteiger partial charge in [0.15, 0.2) is 20.4 Å². The Balaban J connectivity index is 1.81. The number of hydrogen-bond acceptors (Lipinski definition) is 4. The molecular weight excluding hydrogens is 454 g/mol. The molecule has 6 heteroatoms. The molecule has 3 atom stereocenters. The number of hydrogen-bond donors (Lipinski definition) is 0. The largest absolute Gasteiger partial charge is 0.459 e. The van der Waals surface area contributed by atoms with Crippen LogP contribution in [-0.4, -0.2) is 42.9 Å². The number of ether oxygens (including phenoxy) is 2. The lowest BCUT2D eigenvalue weighted by molar-refractivity contribution is -0.184. The summed E-state index contributed by atoms with van der Waals surface area (Å²) in [6, 6.07) is 19.3. The van der Waals surface area contributed by atoms with Crippen molar-refractivity contribution in [3.05, 3.63) is 71.8 Å². The molecule has 0 spiro atoms. The van der Waals surface area contributed by atoms with Gasteiger partial charge in [0, 0.05) is 6.42 Å². The summed E-state index contributed by atoms with van der Waals surface area (Å²) in [5.74, 6) is -0.0141. The molecule has 190 valence electrons. The Labute approximate surface area is 211 Å². The van der Waals surface area contributed by atoms with Gasteiger partial charge in [0.1, 0.15) is 6.61 Å². The first kappa shape index (κ1) is 27.1. The van der Waals surface area contributed by atoms with E-state index in [0.29, 0.717) is 12.3 Å². The van der Waals surface area contributed by atoms with Gasteiger partial charge in [-0.3, -0.25) is 4.79 Å². The van der Waals surface area contributed by atoms with Gasteiger partial charge >= 0.3 is 5.97 Å². The van der Waals surface area contributed by atoms with Crippen LogP contribution < -0.4 is 0 Å². The van der Waals surface area contributed by atoms with E-state index < -0.39 is 26.4 Å². The van der Waals surface area contributed by atoms with Gasteiger partial charge in [0.25, 0.3) is 0 Å². The Kier molecular flexibility index (Phi) is 8.60. The summed E-state index contributed by atoms with van der Waals surface area (Å²) in [6.45, 7) is 15.7. The summed E-state index contributed by atoms with van der Waals surface area (Å²) in [5.41, 5.74) is 1.89. The van der Waals surface area contributed by atoms with Crippen molar-refractivity contribution in [3.63, 3.8) is 0 Å². The first-order chi connectivity index (χ1) is 16.4. The van der Waals surface area contributed by atoms with Gasteiger partial charge in [-0.25, -0.2) is 4.79 Å². The highest BCUT2D eigenvalue weighted by Crippen LogP contribution is 2.45. The van der Waals surface area contributed by atoms with Crippen LogP contribution in [0.1, 0.15) is 52.2 Å². The Morgan fingerprint density at radius 3 is 2.03 bits per heavy atom. The average Bonchev–Trinajstić information content (AvgIpc) is 2.80. The SMILES string of the molecule is CC(C)C[C@H]1[C@H](O[C@@H](Cc2ccccc2)C(=O)OCc2ccccc2)C(=O)N1[Si](C)(C)C(C)(C)C. The predicted molar refractivity (Wildman–Crippen MR) is 142 cm³/mol. The van der Waals surface area contributed by atoms with Crippen LogP contribution in [0.4, 0.5) is 0 Å². The van der Waals surface area contributed by atoms with E-state index in [0.717, 1.165) is 17.5 Å². The highest BCUT2D eigenvalue weighted by molar-refractivity contribution is 6.80. The van der Waals surface area contributed by atoms with Crippen LogP contribution in [0.5, 0.6) is 0 Å². The van der Waals surface area contributed by atoms with Crippen molar-refractivity contribution in [2.45, 2.75) is 90.4 Å². The molecule has 0 saturated carbocycles. The third-order valence-corrected chi connectivity index (χ3v) is 12.8. The molecule has 0 aromatic heterocycles. The van der Waals surface area contributed by atoms with Crippen molar-refractivity contribution < 1.29 is 19.1 Å². The van der Waals surface area contributed by atoms with Crippen molar-refractivity contribution in [1.29, 1.82) is 0 Å². The van der Waals surface area contributed by atoms with E-state index in [1.165, 1.54) is 0 Å². The number of carbonyl (C=O) groups excluding carboxylic acids is 2. The zero-order valence-electron chi connectivity index (χ0n) is 22.3. The fourth-order valence-corrected chi connectivity index (χ4v) is 6.92. The van der Waals surface area contributed by atoms with E-state index in [-0.39, 0.29) is 23.6 Å². The molecule has 35 heavy (non-hydrogen) atoms. The first-order valence-corrected chi connectivity index (χ1v) is 15.6. The highest BCUT2D eigenvalue weighted by Gasteiger charge is 2.58. The molecule has 3 rings (SSSR count). The van der Waals surface area contributed by atoms with E-state index in [1.807, 2.05) is 60.7 Å². The summed E-state index contributed by atoms with van der Waals surface area (Å²) in [5, 5.41) is 0.0287. The Morgan fingerprint density at radius 2 is 1.51 bits per heavy atom. The number of carbonyl (C=O) groups is 2. The molecule has 2 aromatic rings. The maximum atomic E-state index is 13.5. The van der Waals surface area contributed by atoms with E-state index in [2.05, 4.69) is 52.3 Å². The van der Waals surface area contributed by atoms with Crippen molar-refractivity contribution in [1.82, 2.24) is 4.57 Å². The number of nitrogens with zero attached hydrogens (tertiary/aromatic N) is 1. The lowest BCUT2D eigenvalue weighted by atomic mass is 9.92. The molecule has 1 amide bonds. The molecule has 0 aliphatic carbocycles. The van der Waals surface area contributed by atoms with Crippen molar-refractivity contribution in [2.75, 3.05) is 0 Å². The topological polar surface area (TPSA) is 55.8 Å². The summed E-state index contributed by atoms with van der Waals surface area (Å²) >= 11 is 0. The molecule has 1 saturated heterocycles. The van der Waals surface area contributed by atoms with E-state index in [1.54, 1.807) is 0 Å². The molecule has 0 bridgehead atoms. The monoisotopic (exact) mass is 495 g/mol. The van der Waals surface area contributed by atoms with E-state index in [9.17, 15) is 9.59 Å². The van der Waals surface area contributed by atoms with Crippen LogP contribution >= 0.6 is 0 Å². The fourth-order valence-electron chi connectivity index (χ4n) is 4.44. The molecule has 1 fully saturated rings. The molecule has 1 aliphatic heterocycles. The van der Waals surface area contributed by atoms with Crippen LogP contribution in [0.25, 0.3) is 0 Å². The molecule has 2 aromatic carbocycles. The standard InChI is InChI=1S/C29H41NO4Si/c1-21(2)18-24-26(27(31)30(24)35(6,7)29(3,4)5)34-25(19-22-14-10-8-11-15-22)28(32)33-20-23-16-12-9-13-17-23/h8-17,21,24-26H,18-20H2,1-7H3/t24-,25-,26-/m0/s1. The second kappa shape index (κ2) is 11.1. The second-order valence-corrected chi connectivity index (χ2v) is 16.6. The first-order valence-electron chi connectivity index (χ1n) is 12.6. The van der Waals surface area contributed by atoms with Gasteiger partial charge in [-0.2, -0.15) is 0 Å². The van der Waals surface area contributed by atoms with Crippen molar-refractivity contribution in [2.24, 2.45) is 5.92 Å². The number of esters is 1. The molecule has 5 nitrogen and oxygen atoms in total. The van der Waals surface area contributed by atoms with Crippen LogP contribution in [0.15, 0.2) is 60.7 Å². The second-order valence-electron chi connectivity index (χ2n) is 11.5. The molecule has 0 radical (unpaired) electrons. The lowest BCUT2D eigenvalue weighted by Gasteiger charge is -2.58. The van der Waals surface area contributed by atoms with Gasteiger partial charge in [-0.05, 0) is 28.5 Å². The van der Waals surface area contributed by atoms with Crippen molar-refractivity contribution in [3.8, 4) is 0 Å². The van der Waals surface area contributed by atoms with E-state index in [4.69, 9.17) is 9.47 Å². The maximum Gasteiger partial charge on any atom is 0.335 e. The normalized spacial score (nSPS) is 19.4. The number of β-lactam (4-membered cyclic amide) rings is 1. The van der Waals surface area contributed by atoms with E-state index >= 15 is 0 Å². The van der Waals surface area contributed by atoms with Crippen LogP contribution in [0, 0.1) is 5.92 Å². The highest BCUT2D eigenvalue weighted by atomic mass is 28.3. The number of benzene rings is 2. The fraction of sp³-hybridized carbons (Fsp3) is 0.517. The summed E-state index contributed by atoms with van der Waals surface area (Å²) < 4.78 is 14.1. The Hall–Kier alpha value is -2.44. The third kappa shape index (κ3) is 6.41. The van der Waals surface area contributed by atoms with Gasteiger partial charge in [0.2, 0.25) is 5.91 Å². The molecule has 1 heterocycles. The summed E-state index contributed by atoms with van der Waals surface area (Å²) in [6.07, 6.45) is -0.247. The van der Waals surface area contributed by atoms with Crippen LogP contribution in [0.2, 0.25) is 18.1 Å². The average molecular weight is 496 g/mol. The van der Waals surface area contributed by atoms with Crippen LogP contribution in [-0.2, 0) is 32.1 Å². The van der Waals surface area contributed by atoms with Gasteiger partial charge in [-0.15, -0.1) is 0 Å². The Bertz CT molecular complexity index is 985.